The van der Waals surface area contributed by atoms with E-state index < -0.39 is 22.5 Å². The molecular formula is C20H20ClN5O3S. The summed E-state index contributed by atoms with van der Waals surface area (Å²) >= 11 is 6.22. The van der Waals surface area contributed by atoms with Gasteiger partial charge < -0.3 is 0 Å². The summed E-state index contributed by atoms with van der Waals surface area (Å²) in [5.41, 5.74) is 4.85. The van der Waals surface area contributed by atoms with E-state index in [0.29, 0.717) is 11.3 Å². The predicted octanol–water partition coefficient (Wildman–Crippen LogP) is 2.75. The number of hydrazone groups is 1. The molecule has 1 aromatic heterocycles. The molecule has 0 aliphatic carbocycles. The molecule has 0 fully saturated rings. The smallest absolute Gasteiger partial charge is 0.260 e. The highest BCUT2D eigenvalue weighted by atomic mass is 35.5. The first-order valence-electron chi connectivity index (χ1n) is 8.92. The van der Waals surface area contributed by atoms with Gasteiger partial charge in [-0.05, 0) is 31.2 Å². The molecule has 30 heavy (non-hydrogen) atoms. The van der Waals surface area contributed by atoms with Crippen LogP contribution in [0.2, 0.25) is 5.15 Å². The Kier molecular flexibility index (Phi) is 6.53. The molecule has 10 heteroatoms. The van der Waals surface area contributed by atoms with E-state index in [4.69, 9.17) is 11.6 Å². The lowest BCUT2D eigenvalue weighted by atomic mass is 10.2. The third-order valence-corrected chi connectivity index (χ3v) is 5.65. The van der Waals surface area contributed by atoms with Crippen molar-refractivity contribution >= 4 is 39.4 Å². The summed E-state index contributed by atoms with van der Waals surface area (Å²) in [4.78, 5) is 12.3. The maximum absolute atomic E-state index is 12.3. The molecule has 2 aromatic carbocycles. The number of benzene rings is 2. The van der Waals surface area contributed by atoms with Gasteiger partial charge in [-0.25, -0.2) is 18.5 Å². The Morgan fingerprint density at radius 2 is 1.77 bits per heavy atom. The minimum atomic E-state index is -3.64. The topological polar surface area (TPSA) is 96.7 Å². The van der Waals surface area contributed by atoms with Crippen molar-refractivity contribution < 1.29 is 13.2 Å². The average molecular weight is 446 g/mol. The van der Waals surface area contributed by atoms with Gasteiger partial charge in [0.1, 0.15) is 6.54 Å². The molecule has 0 unspecified atom stereocenters. The van der Waals surface area contributed by atoms with Crippen molar-refractivity contribution in [2.24, 2.45) is 5.10 Å². The average Bonchev–Trinajstić information content (AvgIpc) is 3.01. The van der Waals surface area contributed by atoms with Crippen LogP contribution in [0.5, 0.6) is 0 Å². The largest absolute Gasteiger partial charge is 0.271 e. The molecular weight excluding hydrogens is 426 g/mol. The molecule has 0 atom stereocenters. The molecule has 8 nitrogen and oxygen atoms in total. The summed E-state index contributed by atoms with van der Waals surface area (Å²) in [6.45, 7) is 1.42. The van der Waals surface area contributed by atoms with E-state index in [1.807, 2.05) is 37.3 Å². The third kappa shape index (κ3) is 5.05. The standard InChI is InChI=1S/C20H20ClN5O3S/c1-15-18(20(21)24-26(15)17-11-7-4-8-12-17)13-22-23-19(27)14-25(30(2,28)29)16-9-5-3-6-10-16/h3-13H,14H2,1-2H3,(H,23,27). The Morgan fingerprint density at radius 1 is 1.17 bits per heavy atom. The highest BCUT2D eigenvalue weighted by molar-refractivity contribution is 7.92. The number of halogens is 1. The summed E-state index contributed by atoms with van der Waals surface area (Å²) in [5, 5.41) is 8.44. The van der Waals surface area contributed by atoms with Crippen molar-refractivity contribution in [2.45, 2.75) is 6.92 Å². The fourth-order valence-electron chi connectivity index (χ4n) is 2.78. The van der Waals surface area contributed by atoms with Crippen LogP contribution in [0.15, 0.2) is 65.8 Å². The molecule has 0 spiro atoms. The Balaban J connectivity index is 1.72. The van der Waals surface area contributed by atoms with Gasteiger partial charge in [0.15, 0.2) is 5.15 Å². The third-order valence-electron chi connectivity index (χ3n) is 4.23. The monoisotopic (exact) mass is 445 g/mol. The van der Waals surface area contributed by atoms with Crippen LogP contribution in [0.4, 0.5) is 5.69 Å². The van der Waals surface area contributed by atoms with Crippen molar-refractivity contribution in [3.8, 4) is 5.69 Å². The van der Waals surface area contributed by atoms with Gasteiger partial charge in [-0.2, -0.15) is 10.2 Å². The van der Waals surface area contributed by atoms with Crippen LogP contribution >= 0.6 is 11.6 Å². The van der Waals surface area contributed by atoms with Gasteiger partial charge in [0.25, 0.3) is 5.91 Å². The van der Waals surface area contributed by atoms with E-state index in [1.165, 1.54) is 6.21 Å². The van der Waals surface area contributed by atoms with Crippen LogP contribution < -0.4 is 9.73 Å². The summed E-state index contributed by atoms with van der Waals surface area (Å²) in [5.74, 6) is -0.593. The van der Waals surface area contributed by atoms with E-state index >= 15 is 0 Å². The zero-order valence-corrected chi connectivity index (χ0v) is 17.9. The second-order valence-electron chi connectivity index (χ2n) is 6.44. The van der Waals surface area contributed by atoms with E-state index in [2.05, 4.69) is 15.6 Å². The lowest BCUT2D eigenvalue weighted by Gasteiger charge is -2.21. The fraction of sp³-hybridized carbons (Fsp3) is 0.150. The van der Waals surface area contributed by atoms with E-state index in [1.54, 1.807) is 35.0 Å². The summed E-state index contributed by atoms with van der Waals surface area (Å²) in [6.07, 6.45) is 2.42. The second-order valence-corrected chi connectivity index (χ2v) is 8.70. The van der Waals surface area contributed by atoms with Gasteiger partial charge in [0.2, 0.25) is 10.0 Å². The number of carbonyl (C=O) groups excluding carboxylic acids is 1. The number of amides is 1. The van der Waals surface area contributed by atoms with Crippen LogP contribution in [-0.2, 0) is 14.8 Å². The molecule has 1 heterocycles. The SMILES string of the molecule is Cc1c(C=NNC(=O)CN(c2ccccc2)S(C)(=O)=O)c(Cl)nn1-c1ccccc1. The maximum atomic E-state index is 12.3. The van der Waals surface area contributed by atoms with Gasteiger partial charge in [-0.1, -0.05) is 48.0 Å². The number of nitrogens with one attached hydrogen (secondary N) is 1. The van der Waals surface area contributed by atoms with Crippen molar-refractivity contribution in [1.82, 2.24) is 15.2 Å². The first-order valence-corrected chi connectivity index (χ1v) is 11.1. The summed E-state index contributed by atoms with van der Waals surface area (Å²) in [6, 6.07) is 17.8. The Morgan fingerprint density at radius 3 is 2.37 bits per heavy atom. The molecule has 1 amide bonds. The van der Waals surface area contributed by atoms with Crippen molar-refractivity contribution in [3.63, 3.8) is 0 Å². The van der Waals surface area contributed by atoms with Crippen LogP contribution in [0, 0.1) is 6.92 Å². The molecule has 0 saturated heterocycles. The lowest BCUT2D eigenvalue weighted by molar-refractivity contribution is -0.119. The molecule has 3 rings (SSSR count). The molecule has 156 valence electrons. The zero-order chi connectivity index (χ0) is 21.7. The van der Waals surface area contributed by atoms with E-state index in [0.717, 1.165) is 21.9 Å². The Hall–Kier alpha value is -3.17. The van der Waals surface area contributed by atoms with Gasteiger partial charge in [0, 0.05) is 0 Å². The molecule has 0 bridgehead atoms. The van der Waals surface area contributed by atoms with Crippen molar-refractivity contribution in [1.29, 1.82) is 0 Å². The maximum Gasteiger partial charge on any atom is 0.260 e. The molecule has 1 N–H and O–H groups in total. The number of nitrogens with zero attached hydrogens (tertiary/aromatic N) is 4. The van der Waals surface area contributed by atoms with Crippen LogP contribution in [0.3, 0.4) is 0 Å². The van der Waals surface area contributed by atoms with E-state index in [9.17, 15) is 13.2 Å². The van der Waals surface area contributed by atoms with Crippen molar-refractivity contribution in [2.75, 3.05) is 17.1 Å². The molecule has 0 aliphatic rings. The van der Waals surface area contributed by atoms with Gasteiger partial charge in [-0.15, -0.1) is 0 Å². The Labute approximate surface area is 179 Å². The van der Waals surface area contributed by atoms with Crippen LogP contribution in [-0.4, -0.2) is 43.1 Å². The lowest BCUT2D eigenvalue weighted by Crippen LogP contribution is -2.38. The Bertz CT molecular complexity index is 1160. The van der Waals surface area contributed by atoms with Crippen LogP contribution in [0.1, 0.15) is 11.3 Å². The number of sulfonamides is 1. The number of carbonyl (C=O) groups is 1. The second kappa shape index (κ2) is 9.10. The van der Waals surface area contributed by atoms with E-state index in [-0.39, 0.29) is 5.15 Å². The number of hydrogen-bond acceptors (Lipinski definition) is 5. The number of aromatic nitrogens is 2. The highest BCUT2D eigenvalue weighted by Crippen LogP contribution is 2.20. The number of rotatable bonds is 7. The highest BCUT2D eigenvalue weighted by Gasteiger charge is 2.20. The quantitative estimate of drug-likeness (QED) is 0.446. The molecule has 0 aliphatic heterocycles. The normalized spacial score (nSPS) is 11.6. The summed E-state index contributed by atoms with van der Waals surface area (Å²) < 4.78 is 26.8. The fourth-order valence-corrected chi connectivity index (χ4v) is 3.89. The molecule has 0 radical (unpaired) electrons. The first-order chi connectivity index (χ1) is 14.3. The molecule has 0 saturated carbocycles. The number of anilines is 1. The van der Waals surface area contributed by atoms with Crippen molar-refractivity contribution in [3.05, 3.63) is 77.1 Å². The number of hydrogen-bond donors (Lipinski definition) is 1. The number of para-hydroxylation sites is 2. The minimum absolute atomic E-state index is 0.233. The van der Waals surface area contributed by atoms with Gasteiger partial charge in [0.05, 0.1) is 35.1 Å². The van der Waals surface area contributed by atoms with Gasteiger partial charge in [-0.3, -0.25) is 9.10 Å². The predicted molar refractivity (Wildman–Crippen MR) is 118 cm³/mol. The van der Waals surface area contributed by atoms with Crippen LogP contribution in [0.25, 0.3) is 5.69 Å². The first kappa shape index (κ1) is 21.5. The zero-order valence-electron chi connectivity index (χ0n) is 16.4. The minimum Gasteiger partial charge on any atom is -0.271 e. The van der Waals surface area contributed by atoms with Gasteiger partial charge >= 0.3 is 0 Å². The summed E-state index contributed by atoms with van der Waals surface area (Å²) in [7, 11) is -3.64. The molecule has 3 aromatic rings.